The Morgan fingerprint density at radius 1 is 1.30 bits per heavy atom. The average Bonchev–Trinajstić information content (AvgIpc) is 2.47. The third-order valence-electron chi connectivity index (χ3n) is 5.00. The molecule has 0 bridgehead atoms. The quantitative estimate of drug-likeness (QED) is 0.574. The highest BCUT2D eigenvalue weighted by molar-refractivity contribution is 5.69. The minimum Gasteiger partial charge on any atom is -0.469 e. The molecule has 2 unspecified atom stereocenters. The van der Waals surface area contributed by atoms with Gasteiger partial charge in [0, 0.05) is 18.5 Å². The fraction of sp³-hybridized carbons (Fsp3) is 0.812. The van der Waals surface area contributed by atoms with Gasteiger partial charge >= 0.3 is 5.97 Å². The maximum atomic E-state index is 11.6. The molecule has 1 heterocycles. The van der Waals surface area contributed by atoms with Gasteiger partial charge in [0.1, 0.15) is 0 Å². The van der Waals surface area contributed by atoms with Gasteiger partial charge in [-0.25, -0.2) is 0 Å². The van der Waals surface area contributed by atoms with Crippen molar-refractivity contribution in [3.63, 3.8) is 0 Å². The first-order valence-corrected chi connectivity index (χ1v) is 7.71. The maximum absolute atomic E-state index is 11.6. The van der Waals surface area contributed by atoms with E-state index in [4.69, 9.17) is 9.57 Å². The van der Waals surface area contributed by atoms with Gasteiger partial charge in [0.15, 0.2) is 0 Å². The van der Waals surface area contributed by atoms with Crippen LogP contribution in [-0.2, 0) is 14.4 Å². The van der Waals surface area contributed by atoms with E-state index in [1.165, 1.54) is 26.4 Å². The van der Waals surface area contributed by atoms with Crippen LogP contribution in [0.3, 0.4) is 0 Å². The molecule has 20 heavy (non-hydrogen) atoms. The molecule has 1 aliphatic heterocycles. The number of nitrogens with zero attached hydrogens (tertiary/aromatic N) is 1. The Balaban J connectivity index is 2.06. The van der Waals surface area contributed by atoms with Crippen LogP contribution in [0.1, 0.15) is 44.9 Å². The Hall–Kier alpha value is -0.870. The van der Waals surface area contributed by atoms with Crippen LogP contribution in [0.5, 0.6) is 0 Å². The summed E-state index contributed by atoms with van der Waals surface area (Å²) in [6.45, 7) is 3.85. The monoisotopic (exact) mass is 281 g/mol. The van der Waals surface area contributed by atoms with Gasteiger partial charge in [0.2, 0.25) is 0 Å². The van der Waals surface area contributed by atoms with Crippen molar-refractivity contribution in [3.8, 4) is 0 Å². The smallest absolute Gasteiger partial charge is 0.305 e. The van der Waals surface area contributed by atoms with Gasteiger partial charge < -0.3 is 9.57 Å². The number of rotatable bonds is 5. The van der Waals surface area contributed by atoms with Crippen LogP contribution < -0.4 is 0 Å². The molecule has 2 aliphatic rings. The molecule has 0 amide bonds. The Bertz CT molecular complexity index is 345. The summed E-state index contributed by atoms with van der Waals surface area (Å²) in [7, 11) is 3.24. The number of hydroxylamine groups is 2. The van der Waals surface area contributed by atoms with E-state index in [1.54, 1.807) is 7.11 Å². The fourth-order valence-corrected chi connectivity index (χ4v) is 4.11. The van der Waals surface area contributed by atoms with Gasteiger partial charge in [-0.2, -0.15) is 5.06 Å². The topological polar surface area (TPSA) is 38.8 Å². The van der Waals surface area contributed by atoms with E-state index in [9.17, 15) is 4.79 Å². The summed E-state index contributed by atoms with van der Waals surface area (Å²) >= 11 is 0. The Morgan fingerprint density at radius 3 is 2.75 bits per heavy atom. The molecule has 1 saturated heterocycles. The number of ether oxygens (including phenoxy) is 1. The van der Waals surface area contributed by atoms with E-state index in [1.807, 2.05) is 6.08 Å². The number of hydrogen-bond donors (Lipinski definition) is 0. The van der Waals surface area contributed by atoms with Crippen LogP contribution in [0.15, 0.2) is 12.7 Å². The molecule has 4 heteroatoms. The van der Waals surface area contributed by atoms with Gasteiger partial charge in [0.25, 0.3) is 0 Å². The molecule has 114 valence electrons. The Morgan fingerprint density at radius 2 is 2.10 bits per heavy atom. The number of fused-ring (bicyclic) bond motifs is 1. The van der Waals surface area contributed by atoms with Crippen LogP contribution in [-0.4, -0.2) is 37.3 Å². The van der Waals surface area contributed by atoms with E-state index in [0.29, 0.717) is 30.3 Å². The largest absolute Gasteiger partial charge is 0.469 e. The lowest BCUT2D eigenvalue weighted by Crippen LogP contribution is -2.53. The van der Waals surface area contributed by atoms with E-state index in [0.717, 1.165) is 19.3 Å². The molecule has 2 rings (SSSR count). The van der Waals surface area contributed by atoms with Crippen molar-refractivity contribution >= 4 is 5.97 Å². The summed E-state index contributed by atoms with van der Waals surface area (Å²) < 4.78 is 4.85. The van der Waals surface area contributed by atoms with Crippen molar-refractivity contribution in [1.29, 1.82) is 0 Å². The van der Waals surface area contributed by atoms with Gasteiger partial charge in [-0.15, -0.1) is 6.58 Å². The fourth-order valence-electron chi connectivity index (χ4n) is 4.11. The third kappa shape index (κ3) is 3.23. The summed E-state index contributed by atoms with van der Waals surface area (Å²) in [4.78, 5) is 17.3. The molecule has 0 aromatic rings. The van der Waals surface area contributed by atoms with Crippen molar-refractivity contribution < 1.29 is 14.4 Å². The first-order chi connectivity index (χ1) is 9.71. The maximum Gasteiger partial charge on any atom is 0.305 e. The van der Waals surface area contributed by atoms with Crippen molar-refractivity contribution in [2.45, 2.75) is 57.0 Å². The number of carbonyl (C=O) groups is 1. The third-order valence-corrected chi connectivity index (χ3v) is 5.00. The van der Waals surface area contributed by atoms with Gasteiger partial charge in [-0.3, -0.25) is 4.79 Å². The predicted molar refractivity (Wildman–Crippen MR) is 77.9 cm³/mol. The highest BCUT2D eigenvalue weighted by Gasteiger charge is 2.43. The number of esters is 1. The second-order valence-electron chi connectivity index (χ2n) is 6.00. The van der Waals surface area contributed by atoms with Gasteiger partial charge in [-0.05, 0) is 43.9 Å². The molecule has 1 saturated carbocycles. The molecule has 2 fully saturated rings. The molecule has 0 N–H and O–H groups in total. The molecule has 4 nitrogen and oxygen atoms in total. The van der Waals surface area contributed by atoms with E-state index in [-0.39, 0.29) is 5.97 Å². The minimum absolute atomic E-state index is 0.0761. The SMILES string of the molecule is C=CC[C@@H]1CCC2C(CCC[C@H]2CC(=O)OC)N1OC. The van der Waals surface area contributed by atoms with Crippen LogP contribution in [0.2, 0.25) is 0 Å². The Labute approximate surface area is 122 Å². The van der Waals surface area contributed by atoms with Crippen molar-refractivity contribution in [2.75, 3.05) is 14.2 Å². The number of carbonyl (C=O) groups excluding carboxylic acids is 1. The number of methoxy groups -OCH3 is 1. The minimum atomic E-state index is -0.0761. The molecule has 4 atom stereocenters. The first kappa shape index (κ1) is 15.5. The summed E-state index contributed by atoms with van der Waals surface area (Å²) in [6, 6.07) is 0.887. The molecule has 0 aromatic heterocycles. The van der Waals surface area contributed by atoms with Crippen molar-refractivity contribution in [1.82, 2.24) is 5.06 Å². The zero-order valence-corrected chi connectivity index (χ0v) is 12.7. The van der Waals surface area contributed by atoms with Crippen molar-refractivity contribution in [3.05, 3.63) is 12.7 Å². The van der Waals surface area contributed by atoms with Crippen molar-refractivity contribution in [2.24, 2.45) is 11.8 Å². The summed E-state index contributed by atoms with van der Waals surface area (Å²) in [6.07, 6.45) is 9.29. The van der Waals surface area contributed by atoms with Crippen LogP contribution in [0.25, 0.3) is 0 Å². The van der Waals surface area contributed by atoms with Crippen LogP contribution in [0, 0.1) is 11.8 Å². The molecule has 0 radical (unpaired) electrons. The lowest BCUT2D eigenvalue weighted by molar-refractivity contribution is -0.230. The molecule has 0 aromatic carbocycles. The van der Waals surface area contributed by atoms with Crippen LogP contribution in [0.4, 0.5) is 0 Å². The molecular weight excluding hydrogens is 254 g/mol. The van der Waals surface area contributed by atoms with E-state index < -0.39 is 0 Å². The highest BCUT2D eigenvalue weighted by Crippen LogP contribution is 2.43. The first-order valence-electron chi connectivity index (χ1n) is 7.71. The normalized spacial score (nSPS) is 34.3. The lowest BCUT2D eigenvalue weighted by Gasteiger charge is -2.49. The van der Waals surface area contributed by atoms with Gasteiger partial charge in [-0.1, -0.05) is 12.5 Å². The second kappa shape index (κ2) is 7.23. The standard InChI is InChI=1S/C16H27NO3/c1-4-6-13-9-10-14-12(11-16(18)19-2)7-5-8-15(14)17(13)20-3/h4,12-15H,1,5-11H2,2-3H3/t12-,13+,14?,15?/m0/s1. The molecule has 0 spiro atoms. The second-order valence-corrected chi connectivity index (χ2v) is 6.00. The molecular formula is C16H27NO3. The summed E-state index contributed by atoms with van der Waals surface area (Å²) in [5.41, 5.74) is 0. The van der Waals surface area contributed by atoms with Crippen LogP contribution >= 0.6 is 0 Å². The number of piperidine rings is 1. The Kier molecular flexibility index (Phi) is 5.61. The van der Waals surface area contributed by atoms with E-state index in [2.05, 4.69) is 11.6 Å². The summed E-state index contributed by atoms with van der Waals surface area (Å²) in [5, 5.41) is 2.18. The van der Waals surface area contributed by atoms with E-state index >= 15 is 0 Å². The average molecular weight is 281 g/mol. The zero-order valence-electron chi connectivity index (χ0n) is 12.7. The number of hydrogen-bond acceptors (Lipinski definition) is 4. The lowest BCUT2D eigenvalue weighted by atomic mass is 9.69. The highest BCUT2D eigenvalue weighted by atomic mass is 16.7. The van der Waals surface area contributed by atoms with Gasteiger partial charge in [0.05, 0.1) is 14.2 Å². The molecule has 1 aliphatic carbocycles. The summed E-state index contributed by atoms with van der Waals surface area (Å²) in [5.74, 6) is 0.931. The predicted octanol–water partition coefficient (Wildman–Crippen LogP) is 2.94. The zero-order chi connectivity index (χ0) is 14.5.